The number of carbonyl (C=O) groups is 1. The molecule has 0 aliphatic heterocycles. The molecule has 1 aromatic heterocycles. The standard InChI is InChI=1S/C15H12N4O.C7H7ClO/c16-14(20)11-3-1-2-9(6-11)10-4-5-13-12(7-10)8-18-15(17)19-13;1-9-7-4-2-3-6(8)5-7/h1-8H,(H2,16,20)(H2,17,18,19);2-5H,1H3. The average Bonchev–Trinajstić information content (AvgIpc) is 2.74. The van der Waals surface area contributed by atoms with Gasteiger partial charge in [0.2, 0.25) is 11.9 Å². The van der Waals surface area contributed by atoms with Crippen LogP contribution in [0, 0.1) is 0 Å². The van der Waals surface area contributed by atoms with Crippen molar-refractivity contribution in [3.8, 4) is 16.9 Å². The molecule has 4 aromatic rings. The van der Waals surface area contributed by atoms with E-state index in [2.05, 4.69) is 9.97 Å². The quantitative estimate of drug-likeness (QED) is 0.527. The normalized spacial score (nSPS) is 10.1. The van der Waals surface area contributed by atoms with E-state index < -0.39 is 5.91 Å². The number of nitrogen functional groups attached to an aromatic ring is 1. The molecule has 4 N–H and O–H groups in total. The Labute approximate surface area is 173 Å². The summed E-state index contributed by atoms with van der Waals surface area (Å²) in [4.78, 5) is 19.4. The molecule has 0 aliphatic carbocycles. The van der Waals surface area contributed by atoms with Gasteiger partial charge < -0.3 is 16.2 Å². The molecule has 1 amide bonds. The first-order valence-electron chi connectivity index (χ1n) is 8.68. The summed E-state index contributed by atoms with van der Waals surface area (Å²) in [6, 6.07) is 20.2. The van der Waals surface area contributed by atoms with Crippen LogP contribution in [0.1, 0.15) is 10.4 Å². The molecule has 146 valence electrons. The summed E-state index contributed by atoms with van der Waals surface area (Å²) < 4.78 is 4.91. The van der Waals surface area contributed by atoms with Crippen molar-refractivity contribution in [2.24, 2.45) is 5.73 Å². The maximum Gasteiger partial charge on any atom is 0.248 e. The van der Waals surface area contributed by atoms with Crippen LogP contribution in [0.5, 0.6) is 5.75 Å². The maximum absolute atomic E-state index is 11.2. The summed E-state index contributed by atoms with van der Waals surface area (Å²) >= 11 is 5.64. The van der Waals surface area contributed by atoms with Crippen molar-refractivity contribution in [3.05, 3.63) is 83.5 Å². The number of benzene rings is 3. The second-order valence-electron chi connectivity index (χ2n) is 6.11. The Morgan fingerprint density at radius 1 is 1.00 bits per heavy atom. The SMILES string of the molecule is COc1cccc(Cl)c1.NC(=O)c1cccc(-c2ccc3nc(N)ncc3c2)c1. The number of ether oxygens (including phenoxy) is 1. The topological polar surface area (TPSA) is 104 Å². The number of methoxy groups -OCH3 is 1. The largest absolute Gasteiger partial charge is 0.497 e. The summed E-state index contributed by atoms with van der Waals surface area (Å²) in [6.07, 6.45) is 1.68. The number of nitrogens with zero attached hydrogens (tertiary/aromatic N) is 2. The van der Waals surface area contributed by atoms with Crippen molar-refractivity contribution in [2.45, 2.75) is 0 Å². The smallest absolute Gasteiger partial charge is 0.248 e. The van der Waals surface area contributed by atoms with Crippen LogP contribution in [-0.4, -0.2) is 23.0 Å². The Hall–Kier alpha value is -3.64. The number of rotatable bonds is 3. The first kappa shape index (κ1) is 20.1. The lowest BCUT2D eigenvalue weighted by atomic mass is 10.0. The molecule has 4 rings (SSSR count). The van der Waals surface area contributed by atoms with Crippen molar-refractivity contribution in [3.63, 3.8) is 0 Å². The van der Waals surface area contributed by atoms with Gasteiger partial charge in [0.1, 0.15) is 5.75 Å². The lowest BCUT2D eigenvalue weighted by molar-refractivity contribution is 0.100. The van der Waals surface area contributed by atoms with Gasteiger partial charge in [0.15, 0.2) is 0 Å². The number of primary amides is 1. The first-order valence-corrected chi connectivity index (χ1v) is 9.06. The number of carbonyl (C=O) groups excluding carboxylic acids is 1. The summed E-state index contributed by atoms with van der Waals surface area (Å²) in [7, 11) is 1.62. The van der Waals surface area contributed by atoms with Gasteiger partial charge in [-0.2, -0.15) is 0 Å². The van der Waals surface area contributed by atoms with E-state index in [-0.39, 0.29) is 5.95 Å². The Bertz CT molecular complexity index is 1160. The lowest BCUT2D eigenvalue weighted by Gasteiger charge is -2.05. The van der Waals surface area contributed by atoms with E-state index in [1.54, 1.807) is 37.6 Å². The highest BCUT2D eigenvalue weighted by Crippen LogP contribution is 2.24. The Morgan fingerprint density at radius 3 is 2.45 bits per heavy atom. The van der Waals surface area contributed by atoms with E-state index in [0.717, 1.165) is 27.8 Å². The van der Waals surface area contributed by atoms with E-state index in [1.165, 1.54) is 0 Å². The fraction of sp³-hybridized carbons (Fsp3) is 0.0455. The molecule has 7 heteroatoms. The molecule has 0 radical (unpaired) electrons. The van der Waals surface area contributed by atoms with Crippen LogP contribution in [0.15, 0.2) is 72.9 Å². The number of halogens is 1. The minimum atomic E-state index is -0.441. The van der Waals surface area contributed by atoms with Crippen LogP contribution < -0.4 is 16.2 Å². The average molecular weight is 407 g/mol. The van der Waals surface area contributed by atoms with Crippen molar-refractivity contribution in [1.29, 1.82) is 0 Å². The minimum Gasteiger partial charge on any atom is -0.497 e. The molecule has 0 saturated carbocycles. The van der Waals surface area contributed by atoms with Crippen molar-refractivity contribution in [2.75, 3.05) is 12.8 Å². The van der Waals surface area contributed by atoms with Gasteiger partial charge in [0, 0.05) is 22.2 Å². The molecule has 0 saturated heterocycles. The van der Waals surface area contributed by atoms with E-state index in [1.807, 2.05) is 42.5 Å². The number of fused-ring (bicyclic) bond motifs is 1. The molecule has 0 bridgehead atoms. The molecule has 29 heavy (non-hydrogen) atoms. The molecule has 6 nitrogen and oxygen atoms in total. The van der Waals surface area contributed by atoms with Gasteiger partial charge in [0.05, 0.1) is 12.6 Å². The second-order valence-corrected chi connectivity index (χ2v) is 6.54. The molecular weight excluding hydrogens is 388 g/mol. The van der Waals surface area contributed by atoms with Crippen molar-refractivity contribution < 1.29 is 9.53 Å². The highest BCUT2D eigenvalue weighted by molar-refractivity contribution is 6.30. The molecule has 0 unspecified atom stereocenters. The third-order valence-corrected chi connectivity index (χ3v) is 4.35. The lowest BCUT2D eigenvalue weighted by Crippen LogP contribution is -2.10. The van der Waals surface area contributed by atoms with Gasteiger partial charge in [-0.1, -0.05) is 35.9 Å². The van der Waals surface area contributed by atoms with Gasteiger partial charge in [-0.15, -0.1) is 0 Å². The fourth-order valence-electron chi connectivity index (χ4n) is 2.67. The number of hydrogen-bond donors (Lipinski definition) is 2. The number of anilines is 1. The van der Waals surface area contributed by atoms with E-state index in [4.69, 9.17) is 27.8 Å². The first-order chi connectivity index (χ1) is 14.0. The van der Waals surface area contributed by atoms with Crippen molar-refractivity contribution in [1.82, 2.24) is 9.97 Å². The van der Waals surface area contributed by atoms with Gasteiger partial charge in [0.25, 0.3) is 0 Å². The maximum atomic E-state index is 11.2. The summed E-state index contributed by atoms with van der Waals surface area (Å²) in [6.45, 7) is 0. The number of nitrogens with two attached hydrogens (primary N) is 2. The minimum absolute atomic E-state index is 0.251. The number of hydrogen-bond acceptors (Lipinski definition) is 5. The van der Waals surface area contributed by atoms with E-state index in [0.29, 0.717) is 10.6 Å². The Morgan fingerprint density at radius 2 is 1.76 bits per heavy atom. The molecule has 0 aliphatic rings. The van der Waals surface area contributed by atoms with Gasteiger partial charge in [-0.25, -0.2) is 9.97 Å². The van der Waals surface area contributed by atoms with Gasteiger partial charge in [-0.3, -0.25) is 4.79 Å². The van der Waals surface area contributed by atoms with Gasteiger partial charge >= 0.3 is 0 Å². The summed E-state index contributed by atoms with van der Waals surface area (Å²) in [5.41, 5.74) is 14.0. The van der Waals surface area contributed by atoms with Crippen LogP contribution in [0.3, 0.4) is 0 Å². The third kappa shape index (κ3) is 5.21. The molecular formula is C22H19ClN4O2. The zero-order chi connectivity index (χ0) is 20.8. The molecule has 0 spiro atoms. The van der Waals surface area contributed by atoms with E-state index in [9.17, 15) is 4.79 Å². The number of amides is 1. The fourth-order valence-corrected chi connectivity index (χ4v) is 2.85. The van der Waals surface area contributed by atoms with Crippen molar-refractivity contribution >= 4 is 34.4 Å². The van der Waals surface area contributed by atoms with Crippen LogP contribution in [0.4, 0.5) is 5.95 Å². The zero-order valence-electron chi connectivity index (χ0n) is 15.7. The van der Waals surface area contributed by atoms with Crippen LogP contribution >= 0.6 is 11.6 Å². The Kier molecular flexibility index (Phi) is 6.26. The predicted octanol–water partition coefficient (Wildman–Crippen LogP) is 4.33. The summed E-state index contributed by atoms with van der Waals surface area (Å²) in [5.74, 6) is 0.604. The molecule has 0 atom stereocenters. The van der Waals surface area contributed by atoms with Crippen LogP contribution in [0.2, 0.25) is 5.02 Å². The van der Waals surface area contributed by atoms with E-state index >= 15 is 0 Å². The highest BCUT2D eigenvalue weighted by Gasteiger charge is 2.05. The molecule has 3 aromatic carbocycles. The zero-order valence-corrected chi connectivity index (χ0v) is 16.4. The Balaban J connectivity index is 0.000000224. The molecule has 1 heterocycles. The monoisotopic (exact) mass is 406 g/mol. The highest BCUT2D eigenvalue weighted by atomic mass is 35.5. The van der Waals surface area contributed by atoms with Crippen LogP contribution in [0.25, 0.3) is 22.0 Å². The number of aromatic nitrogens is 2. The van der Waals surface area contributed by atoms with Gasteiger partial charge in [-0.05, 0) is 53.6 Å². The second kappa shape index (κ2) is 9.03. The summed E-state index contributed by atoms with van der Waals surface area (Å²) in [5, 5.41) is 1.59. The third-order valence-electron chi connectivity index (χ3n) is 4.11. The van der Waals surface area contributed by atoms with Crippen LogP contribution in [-0.2, 0) is 0 Å². The molecule has 0 fully saturated rings. The predicted molar refractivity (Wildman–Crippen MR) is 116 cm³/mol.